The number of hydrogen-bond donors (Lipinski definition) is 0. The van der Waals surface area contributed by atoms with Crippen LogP contribution in [0.4, 0.5) is 0 Å². The van der Waals surface area contributed by atoms with Gasteiger partial charge in [0, 0.05) is 17.9 Å². The largest absolute Gasteiger partial charge is 0.618 e. The number of rotatable bonds is 3. The summed E-state index contributed by atoms with van der Waals surface area (Å²) in [4.78, 5) is 0. The molecule has 0 aliphatic rings. The van der Waals surface area contributed by atoms with E-state index in [1.54, 1.807) is 17.8 Å². The van der Waals surface area contributed by atoms with E-state index in [0.29, 0.717) is 0 Å². The molecule has 0 aliphatic heterocycles. The molecule has 3 heteroatoms. The number of nitrogens with zero attached hydrogens (tertiary/aromatic N) is 1. The minimum atomic E-state index is 0.739. The topological polar surface area (TPSA) is 26.9 Å². The van der Waals surface area contributed by atoms with Gasteiger partial charge in [0.2, 0.25) is 0 Å². The summed E-state index contributed by atoms with van der Waals surface area (Å²) in [6.45, 7) is 2.07. The van der Waals surface area contributed by atoms with Gasteiger partial charge in [-0.3, -0.25) is 0 Å². The molecule has 2 nitrogen and oxygen atoms in total. The number of hydrogen-bond acceptors (Lipinski definition) is 2. The van der Waals surface area contributed by atoms with E-state index in [-0.39, 0.29) is 0 Å². The monoisotopic (exact) mass is 231 g/mol. The van der Waals surface area contributed by atoms with Gasteiger partial charge in [-0.1, -0.05) is 41.6 Å². The van der Waals surface area contributed by atoms with Gasteiger partial charge in [0.1, 0.15) is 0 Å². The van der Waals surface area contributed by atoms with Crippen molar-refractivity contribution in [2.45, 2.75) is 17.7 Å². The first-order valence-corrected chi connectivity index (χ1v) is 6.11. The Morgan fingerprint density at radius 3 is 2.56 bits per heavy atom. The van der Waals surface area contributed by atoms with Gasteiger partial charge in [-0.05, 0) is 18.6 Å². The average molecular weight is 231 g/mol. The highest BCUT2D eigenvalue weighted by Gasteiger charge is 2.04. The number of pyridine rings is 1. The van der Waals surface area contributed by atoms with Crippen molar-refractivity contribution in [3.05, 3.63) is 65.0 Å². The maximum absolute atomic E-state index is 11.4. The first kappa shape index (κ1) is 11.0. The SMILES string of the molecule is Cc1ccc(CSc2cccc[n+]2[O-])cc1. The van der Waals surface area contributed by atoms with Gasteiger partial charge in [-0.25, -0.2) is 0 Å². The Balaban J connectivity index is 2.02. The van der Waals surface area contributed by atoms with Crippen LogP contribution in [0, 0.1) is 12.1 Å². The molecule has 0 unspecified atom stereocenters. The predicted molar refractivity (Wildman–Crippen MR) is 66.1 cm³/mol. The highest BCUT2D eigenvalue weighted by atomic mass is 32.2. The van der Waals surface area contributed by atoms with Gasteiger partial charge in [0.05, 0.1) is 0 Å². The van der Waals surface area contributed by atoms with E-state index < -0.39 is 0 Å². The molecule has 0 spiro atoms. The maximum Gasteiger partial charge on any atom is 0.251 e. The molecule has 2 rings (SSSR count). The van der Waals surface area contributed by atoms with Crippen LogP contribution in [0.1, 0.15) is 11.1 Å². The lowest BCUT2D eigenvalue weighted by molar-refractivity contribution is -0.645. The number of benzene rings is 1. The van der Waals surface area contributed by atoms with E-state index in [4.69, 9.17) is 0 Å². The van der Waals surface area contributed by atoms with E-state index in [1.807, 2.05) is 12.1 Å². The molecule has 1 aromatic carbocycles. The first-order valence-electron chi connectivity index (χ1n) is 5.12. The lowest BCUT2D eigenvalue weighted by atomic mass is 10.2. The zero-order valence-corrected chi connectivity index (χ0v) is 9.91. The molecule has 0 fully saturated rings. The van der Waals surface area contributed by atoms with Gasteiger partial charge < -0.3 is 5.21 Å². The average Bonchev–Trinajstić information content (AvgIpc) is 2.30. The Kier molecular flexibility index (Phi) is 3.47. The van der Waals surface area contributed by atoms with Crippen LogP contribution >= 0.6 is 11.8 Å². The van der Waals surface area contributed by atoms with Crippen molar-refractivity contribution in [2.24, 2.45) is 0 Å². The van der Waals surface area contributed by atoms with Crippen LogP contribution in [0.2, 0.25) is 0 Å². The number of aryl methyl sites for hydroxylation is 1. The summed E-state index contributed by atoms with van der Waals surface area (Å²) in [7, 11) is 0. The third-order valence-corrected chi connectivity index (χ3v) is 3.39. The minimum Gasteiger partial charge on any atom is -0.618 e. The molecule has 0 radical (unpaired) electrons. The second-order valence-electron chi connectivity index (χ2n) is 3.64. The van der Waals surface area contributed by atoms with Crippen molar-refractivity contribution in [3.63, 3.8) is 0 Å². The fraction of sp³-hybridized carbons (Fsp3) is 0.154. The molecule has 0 amide bonds. The molecule has 2 aromatic rings. The third-order valence-electron chi connectivity index (χ3n) is 2.30. The Bertz CT molecular complexity index is 468. The molecular weight excluding hydrogens is 218 g/mol. The van der Waals surface area contributed by atoms with Crippen molar-refractivity contribution in [1.29, 1.82) is 0 Å². The second-order valence-corrected chi connectivity index (χ2v) is 4.63. The van der Waals surface area contributed by atoms with Gasteiger partial charge in [0.15, 0.2) is 6.20 Å². The summed E-state index contributed by atoms with van der Waals surface area (Å²) in [5.74, 6) is 0.826. The lowest BCUT2D eigenvalue weighted by Crippen LogP contribution is -2.27. The van der Waals surface area contributed by atoms with Gasteiger partial charge in [0.25, 0.3) is 5.03 Å². The van der Waals surface area contributed by atoms with Crippen LogP contribution < -0.4 is 4.73 Å². The van der Waals surface area contributed by atoms with Crippen molar-refractivity contribution in [1.82, 2.24) is 0 Å². The quantitative estimate of drug-likeness (QED) is 0.461. The van der Waals surface area contributed by atoms with Gasteiger partial charge in [-0.2, -0.15) is 4.73 Å². The minimum absolute atomic E-state index is 0.739. The van der Waals surface area contributed by atoms with Crippen LogP contribution in [0.25, 0.3) is 0 Å². The van der Waals surface area contributed by atoms with E-state index in [0.717, 1.165) is 15.5 Å². The zero-order valence-electron chi connectivity index (χ0n) is 9.09. The summed E-state index contributed by atoms with van der Waals surface area (Å²) in [5, 5.41) is 12.1. The fourth-order valence-corrected chi connectivity index (χ4v) is 2.24. The second kappa shape index (κ2) is 5.03. The van der Waals surface area contributed by atoms with Crippen molar-refractivity contribution >= 4 is 11.8 Å². The summed E-state index contributed by atoms with van der Waals surface area (Å²) >= 11 is 1.56. The van der Waals surface area contributed by atoms with Crippen LogP contribution in [0.3, 0.4) is 0 Å². The third kappa shape index (κ3) is 2.76. The van der Waals surface area contributed by atoms with E-state index in [1.165, 1.54) is 17.3 Å². The normalized spacial score (nSPS) is 10.3. The van der Waals surface area contributed by atoms with Crippen LogP contribution in [0.5, 0.6) is 0 Å². The van der Waals surface area contributed by atoms with Crippen molar-refractivity contribution < 1.29 is 4.73 Å². The standard InChI is InChI=1S/C13H13NOS/c1-11-5-7-12(8-6-11)10-16-13-4-2-3-9-14(13)15/h2-9H,10H2,1H3. The zero-order chi connectivity index (χ0) is 11.4. The predicted octanol–water partition coefficient (Wildman–Crippen LogP) is 2.92. The highest BCUT2D eigenvalue weighted by Crippen LogP contribution is 2.19. The van der Waals surface area contributed by atoms with Crippen molar-refractivity contribution in [3.8, 4) is 0 Å². The van der Waals surface area contributed by atoms with E-state index in [2.05, 4.69) is 31.2 Å². The molecule has 0 N–H and O–H groups in total. The summed E-state index contributed by atoms with van der Waals surface area (Å²) in [5.41, 5.74) is 2.49. The summed E-state index contributed by atoms with van der Waals surface area (Å²) in [6.07, 6.45) is 1.53. The molecule has 1 aromatic heterocycles. The highest BCUT2D eigenvalue weighted by molar-refractivity contribution is 7.98. The summed E-state index contributed by atoms with van der Waals surface area (Å²) in [6, 6.07) is 13.8. The van der Waals surface area contributed by atoms with Crippen LogP contribution in [-0.4, -0.2) is 0 Å². The fourth-order valence-electron chi connectivity index (χ4n) is 1.37. The summed E-state index contributed by atoms with van der Waals surface area (Å²) < 4.78 is 0.902. The molecular formula is C13H13NOS. The Morgan fingerprint density at radius 2 is 1.88 bits per heavy atom. The Hall–Kier alpha value is -1.48. The molecule has 16 heavy (non-hydrogen) atoms. The molecule has 0 atom stereocenters. The van der Waals surface area contributed by atoms with Gasteiger partial charge >= 0.3 is 0 Å². The van der Waals surface area contributed by atoms with Gasteiger partial charge in [-0.15, -0.1) is 0 Å². The molecule has 0 saturated carbocycles. The molecule has 0 saturated heterocycles. The van der Waals surface area contributed by atoms with E-state index >= 15 is 0 Å². The number of thioether (sulfide) groups is 1. The number of aromatic nitrogens is 1. The van der Waals surface area contributed by atoms with Crippen molar-refractivity contribution in [2.75, 3.05) is 0 Å². The Labute approximate surface area is 99.5 Å². The van der Waals surface area contributed by atoms with Crippen LogP contribution in [0.15, 0.2) is 53.7 Å². The van der Waals surface area contributed by atoms with Crippen LogP contribution in [-0.2, 0) is 5.75 Å². The molecule has 0 aliphatic carbocycles. The van der Waals surface area contributed by atoms with E-state index in [9.17, 15) is 5.21 Å². The lowest BCUT2D eigenvalue weighted by Gasteiger charge is -2.03. The first-order chi connectivity index (χ1) is 7.75. The smallest absolute Gasteiger partial charge is 0.251 e. The molecule has 0 bridgehead atoms. The Morgan fingerprint density at radius 1 is 1.12 bits per heavy atom. The molecule has 1 heterocycles. The maximum atomic E-state index is 11.4. The molecule has 82 valence electrons.